The Kier molecular flexibility index (Phi) is 6.40. The first-order chi connectivity index (χ1) is 11.3. The van der Waals surface area contributed by atoms with Crippen LogP contribution in [0, 0.1) is 11.8 Å². The molecule has 1 aromatic carbocycles. The molecular formula is C18H28N2O3S. The summed E-state index contributed by atoms with van der Waals surface area (Å²) in [4.78, 5) is 12.7. The van der Waals surface area contributed by atoms with Crippen molar-refractivity contribution >= 4 is 15.9 Å². The van der Waals surface area contributed by atoms with E-state index >= 15 is 0 Å². The Bertz CT molecular complexity index is 643. The lowest BCUT2D eigenvalue weighted by Crippen LogP contribution is -2.45. The molecule has 1 aromatic rings. The van der Waals surface area contributed by atoms with Gasteiger partial charge >= 0.3 is 0 Å². The second kappa shape index (κ2) is 8.12. The fourth-order valence-corrected chi connectivity index (χ4v) is 4.09. The highest BCUT2D eigenvalue weighted by molar-refractivity contribution is 7.88. The third-order valence-corrected chi connectivity index (χ3v) is 5.72. The number of rotatable bonds is 6. The number of hydrogen-bond acceptors (Lipinski definition) is 3. The second-order valence-electron chi connectivity index (χ2n) is 7.06. The van der Waals surface area contributed by atoms with Crippen molar-refractivity contribution in [2.24, 2.45) is 11.8 Å². The number of carbonyl (C=O) groups is 1. The first-order valence-electron chi connectivity index (χ1n) is 8.58. The summed E-state index contributed by atoms with van der Waals surface area (Å²) >= 11 is 0. The van der Waals surface area contributed by atoms with Crippen LogP contribution >= 0.6 is 0 Å². The lowest BCUT2D eigenvalue weighted by atomic mass is 9.94. The standard InChI is InChI=1S/C18H28N2O3S/c1-14(2)12-17(15-8-5-4-6-9-15)19-18(21)16-10-7-11-20(13-16)24(3,22)23/h4-6,8-9,14,16-17H,7,10-13H2,1-3H3,(H,19,21)/t16-,17-/m1/s1. The minimum Gasteiger partial charge on any atom is -0.349 e. The maximum Gasteiger partial charge on any atom is 0.224 e. The Morgan fingerprint density at radius 2 is 1.96 bits per heavy atom. The number of sulfonamides is 1. The monoisotopic (exact) mass is 352 g/mol. The van der Waals surface area contributed by atoms with Gasteiger partial charge in [0.05, 0.1) is 18.2 Å². The minimum atomic E-state index is -3.24. The summed E-state index contributed by atoms with van der Waals surface area (Å²) in [7, 11) is -3.24. The van der Waals surface area contributed by atoms with Crippen LogP contribution in [0.15, 0.2) is 30.3 Å². The van der Waals surface area contributed by atoms with Crippen molar-refractivity contribution in [3.8, 4) is 0 Å². The van der Waals surface area contributed by atoms with Gasteiger partial charge in [-0.2, -0.15) is 0 Å². The molecule has 5 nitrogen and oxygen atoms in total. The highest BCUT2D eigenvalue weighted by Crippen LogP contribution is 2.24. The number of hydrogen-bond donors (Lipinski definition) is 1. The van der Waals surface area contributed by atoms with E-state index in [2.05, 4.69) is 19.2 Å². The van der Waals surface area contributed by atoms with Crippen LogP contribution in [0.1, 0.15) is 44.7 Å². The number of amides is 1. The molecule has 2 atom stereocenters. The molecular weight excluding hydrogens is 324 g/mol. The van der Waals surface area contributed by atoms with Gasteiger partial charge in [-0.3, -0.25) is 4.79 Å². The van der Waals surface area contributed by atoms with Crippen LogP contribution in [0.25, 0.3) is 0 Å². The smallest absolute Gasteiger partial charge is 0.224 e. The van der Waals surface area contributed by atoms with E-state index in [0.29, 0.717) is 12.5 Å². The first-order valence-corrected chi connectivity index (χ1v) is 10.4. The fraction of sp³-hybridized carbons (Fsp3) is 0.611. The molecule has 0 bridgehead atoms. The normalized spacial score (nSPS) is 20.8. The van der Waals surface area contributed by atoms with Gasteiger partial charge in [0, 0.05) is 13.1 Å². The van der Waals surface area contributed by atoms with Crippen molar-refractivity contribution in [1.82, 2.24) is 9.62 Å². The number of nitrogens with one attached hydrogen (secondary N) is 1. The zero-order valence-electron chi connectivity index (χ0n) is 14.7. The van der Waals surface area contributed by atoms with Gasteiger partial charge in [0.2, 0.25) is 15.9 Å². The van der Waals surface area contributed by atoms with Crippen molar-refractivity contribution in [1.29, 1.82) is 0 Å². The Balaban J connectivity index is 2.07. The summed E-state index contributed by atoms with van der Waals surface area (Å²) in [5.41, 5.74) is 1.09. The Labute approximate surface area is 145 Å². The summed E-state index contributed by atoms with van der Waals surface area (Å²) in [6.07, 6.45) is 3.53. The highest BCUT2D eigenvalue weighted by atomic mass is 32.2. The number of piperidine rings is 1. The van der Waals surface area contributed by atoms with E-state index < -0.39 is 10.0 Å². The van der Waals surface area contributed by atoms with E-state index in [0.717, 1.165) is 24.8 Å². The number of benzene rings is 1. The lowest BCUT2D eigenvalue weighted by molar-refractivity contribution is -0.127. The molecule has 2 rings (SSSR count). The predicted octanol–water partition coefficient (Wildman–Crippen LogP) is 2.56. The molecule has 0 radical (unpaired) electrons. The molecule has 1 heterocycles. The van der Waals surface area contributed by atoms with Crippen molar-refractivity contribution in [2.45, 2.75) is 39.2 Å². The van der Waals surface area contributed by atoms with Crippen molar-refractivity contribution in [3.05, 3.63) is 35.9 Å². The summed E-state index contributed by atoms with van der Waals surface area (Å²) in [5, 5.41) is 3.15. The molecule has 24 heavy (non-hydrogen) atoms. The van der Waals surface area contributed by atoms with E-state index in [1.165, 1.54) is 10.6 Å². The SMILES string of the molecule is CC(C)C[C@@H](NC(=O)[C@@H]1CCCN(S(C)(=O)=O)C1)c1ccccc1. The van der Waals surface area contributed by atoms with Crippen LogP contribution in [0.3, 0.4) is 0 Å². The van der Waals surface area contributed by atoms with Crippen LogP contribution < -0.4 is 5.32 Å². The molecule has 6 heteroatoms. The van der Waals surface area contributed by atoms with Crippen molar-refractivity contribution in [2.75, 3.05) is 19.3 Å². The third kappa shape index (κ3) is 5.31. The number of nitrogens with zero attached hydrogens (tertiary/aromatic N) is 1. The molecule has 0 saturated carbocycles. The predicted molar refractivity (Wildman–Crippen MR) is 95.9 cm³/mol. The van der Waals surface area contributed by atoms with Crippen LogP contribution in [0.5, 0.6) is 0 Å². The van der Waals surface area contributed by atoms with Gasteiger partial charge in [-0.05, 0) is 30.7 Å². The molecule has 134 valence electrons. The fourth-order valence-electron chi connectivity index (χ4n) is 3.18. The molecule has 1 N–H and O–H groups in total. The maximum atomic E-state index is 12.7. The van der Waals surface area contributed by atoms with Crippen LogP contribution in [-0.4, -0.2) is 38.0 Å². The zero-order valence-corrected chi connectivity index (χ0v) is 15.6. The summed E-state index contributed by atoms with van der Waals surface area (Å²) in [5.74, 6) is 0.138. The maximum absolute atomic E-state index is 12.7. The molecule has 1 fully saturated rings. The molecule has 1 saturated heterocycles. The molecule has 0 spiro atoms. The van der Waals surface area contributed by atoms with Crippen LogP contribution in [-0.2, 0) is 14.8 Å². The highest BCUT2D eigenvalue weighted by Gasteiger charge is 2.31. The van der Waals surface area contributed by atoms with E-state index in [4.69, 9.17) is 0 Å². The average molecular weight is 353 g/mol. The van der Waals surface area contributed by atoms with Crippen LogP contribution in [0.4, 0.5) is 0 Å². The van der Waals surface area contributed by atoms with Gasteiger partial charge in [-0.1, -0.05) is 44.2 Å². The van der Waals surface area contributed by atoms with E-state index in [9.17, 15) is 13.2 Å². The zero-order chi connectivity index (χ0) is 17.7. The minimum absolute atomic E-state index is 0.0349. The van der Waals surface area contributed by atoms with Gasteiger partial charge in [-0.25, -0.2) is 12.7 Å². The molecule has 0 aliphatic carbocycles. The molecule has 1 aliphatic heterocycles. The quantitative estimate of drug-likeness (QED) is 0.856. The van der Waals surface area contributed by atoms with Gasteiger partial charge < -0.3 is 5.32 Å². The summed E-state index contributed by atoms with van der Waals surface area (Å²) in [6.45, 7) is 5.06. The van der Waals surface area contributed by atoms with Gasteiger partial charge in [0.15, 0.2) is 0 Å². The van der Waals surface area contributed by atoms with Crippen LogP contribution in [0.2, 0.25) is 0 Å². The summed E-state index contributed by atoms with van der Waals surface area (Å²) in [6, 6.07) is 9.92. The largest absolute Gasteiger partial charge is 0.349 e. The topological polar surface area (TPSA) is 66.5 Å². The molecule has 1 aliphatic rings. The van der Waals surface area contributed by atoms with E-state index in [-0.39, 0.29) is 24.4 Å². The van der Waals surface area contributed by atoms with Gasteiger partial charge in [0.1, 0.15) is 0 Å². The Hall–Kier alpha value is -1.40. The average Bonchev–Trinajstić information content (AvgIpc) is 2.54. The Morgan fingerprint density at radius 3 is 2.54 bits per heavy atom. The third-order valence-electron chi connectivity index (χ3n) is 4.45. The lowest BCUT2D eigenvalue weighted by Gasteiger charge is -2.31. The molecule has 0 aromatic heterocycles. The van der Waals surface area contributed by atoms with Gasteiger partial charge in [0.25, 0.3) is 0 Å². The molecule has 0 unspecified atom stereocenters. The van der Waals surface area contributed by atoms with Crippen molar-refractivity contribution < 1.29 is 13.2 Å². The second-order valence-corrected chi connectivity index (χ2v) is 9.04. The molecule has 1 amide bonds. The summed E-state index contributed by atoms with van der Waals surface area (Å²) < 4.78 is 24.9. The van der Waals surface area contributed by atoms with Crippen molar-refractivity contribution in [3.63, 3.8) is 0 Å². The Morgan fingerprint density at radius 1 is 1.29 bits per heavy atom. The van der Waals surface area contributed by atoms with E-state index in [1.54, 1.807) is 0 Å². The first kappa shape index (κ1) is 18.9. The van der Waals surface area contributed by atoms with Gasteiger partial charge in [-0.15, -0.1) is 0 Å². The van der Waals surface area contributed by atoms with E-state index in [1.807, 2.05) is 30.3 Å². The number of carbonyl (C=O) groups excluding carboxylic acids is 1.